The van der Waals surface area contributed by atoms with Crippen LogP contribution in [0.5, 0.6) is 0 Å². The van der Waals surface area contributed by atoms with E-state index in [0.717, 1.165) is 6.07 Å². The summed E-state index contributed by atoms with van der Waals surface area (Å²) in [6.07, 6.45) is 1.02. The zero-order valence-corrected chi connectivity index (χ0v) is 14.9. The van der Waals surface area contributed by atoms with Crippen molar-refractivity contribution in [2.24, 2.45) is 0 Å². The minimum Gasteiger partial charge on any atom is -0.480 e. The number of hydrogen-bond donors (Lipinski definition) is 1. The average Bonchev–Trinajstić information content (AvgIpc) is 2.54. The highest BCUT2D eigenvalue weighted by atomic mass is 32.2. The summed E-state index contributed by atoms with van der Waals surface area (Å²) < 4.78 is 27.0. The Hall–Kier alpha value is -2.04. The van der Waals surface area contributed by atoms with Gasteiger partial charge >= 0.3 is 5.97 Å². The molecule has 1 fully saturated rings. The Morgan fingerprint density at radius 2 is 2.00 bits per heavy atom. The van der Waals surface area contributed by atoms with Crippen LogP contribution in [0, 0.1) is 17.0 Å². The molecule has 0 radical (unpaired) electrons. The number of sulfonamides is 1. The van der Waals surface area contributed by atoms with Crippen LogP contribution in [0.25, 0.3) is 0 Å². The van der Waals surface area contributed by atoms with Crippen LogP contribution in [0.4, 0.5) is 5.69 Å². The fraction of sp³-hybridized carbons (Fsp3) is 0.533. The minimum atomic E-state index is -3.83. The van der Waals surface area contributed by atoms with Crippen molar-refractivity contribution in [3.05, 3.63) is 33.9 Å². The number of aliphatic carboxylic acids is 1. The lowest BCUT2D eigenvalue weighted by Crippen LogP contribution is -2.46. The Bertz CT molecular complexity index is 771. The summed E-state index contributed by atoms with van der Waals surface area (Å²) >= 11 is 0. The molecule has 0 aromatic heterocycles. The molecule has 0 bridgehead atoms. The van der Waals surface area contributed by atoms with E-state index in [1.807, 2.05) is 0 Å². The first kappa shape index (κ1) is 19.3. The largest absolute Gasteiger partial charge is 0.480 e. The molecule has 1 aliphatic heterocycles. The highest BCUT2D eigenvalue weighted by molar-refractivity contribution is 7.89. The van der Waals surface area contributed by atoms with E-state index in [2.05, 4.69) is 0 Å². The van der Waals surface area contributed by atoms with Crippen LogP contribution in [-0.2, 0) is 14.8 Å². The molecule has 25 heavy (non-hydrogen) atoms. The zero-order valence-electron chi connectivity index (χ0n) is 14.1. The van der Waals surface area contributed by atoms with Crippen molar-refractivity contribution < 1.29 is 23.2 Å². The van der Waals surface area contributed by atoms with E-state index in [9.17, 15) is 23.3 Å². The average molecular weight is 371 g/mol. The van der Waals surface area contributed by atoms with Crippen molar-refractivity contribution in [2.45, 2.75) is 30.7 Å². The second-order valence-corrected chi connectivity index (χ2v) is 8.06. The number of non-ortho nitro benzene ring substituents is 1. The number of carbonyl (C=O) groups is 1. The molecule has 0 spiro atoms. The fourth-order valence-electron chi connectivity index (χ4n) is 2.99. The molecule has 138 valence electrons. The Morgan fingerprint density at radius 1 is 1.40 bits per heavy atom. The normalized spacial score (nSPS) is 16.9. The SMILES string of the molecule is Cc1ccc([N+](=O)[O-])cc1S(=O)(=O)N1CCC(N(C)CC(=O)O)CC1. The maximum Gasteiger partial charge on any atom is 0.317 e. The standard InChI is InChI=1S/C15H21N3O6S/c1-11-3-4-13(18(21)22)9-14(11)25(23,24)17-7-5-12(6-8-17)16(2)10-15(19)20/h3-4,9,12H,5-8,10H2,1-2H3,(H,19,20). The molecule has 1 N–H and O–H groups in total. The van der Waals surface area contributed by atoms with Gasteiger partial charge in [0, 0.05) is 31.3 Å². The van der Waals surface area contributed by atoms with Crippen molar-refractivity contribution in [2.75, 3.05) is 26.7 Å². The molecule has 10 heteroatoms. The number of nitro groups is 1. The van der Waals surface area contributed by atoms with Crippen LogP contribution >= 0.6 is 0 Å². The van der Waals surface area contributed by atoms with Gasteiger partial charge in [0.15, 0.2) is 0 Å². The van der Waals surface area contributed by atoms with Gasteiger partial charge in [-0.2, -0.15) is 4.31 Å². The summed E-state index contributed by atoms with van der Waals surface area (Å²) in [6, 6.07) is 3.79. The van der Waals surface area contributed by atoms with Crippen molar-refractivity contribution >= 4 is 21.7 Å². The molecule has 1 heterocycles. The number of nitrogens with zero attached hydrogens (tertiary/aromatic N) is 3. The monoisotopic (exact) mass is 371 g/mol. The van der Waals surface area contributed by atoms with Crippen LogP contribution in [0.15, 0.2) is 23.1 Å². The molecule has 0 amide bonds. The smallest absolute Gasteiger partial charge is 0.317 e. The number of rotatable bonds is 6. The first-order valence-electron chi connectivity index (χ1n) is 7.80. The number of likely N-dealkylation sites (N-methyl/N-ethyl adjacent to an activating group) is 1. The van der Waals surface area contributed by atoms with Crippen molar-refractivity contribution in [3.63, 3.8) is 0 Å². The zero-order chi connectivity index (χ0) is 18.8. The molecule has 1 aliphatic rings. The maximum absolute atomic E-state index is 12.8. The quantitative estimate of drug-likeness (QED) is 0.586. The van der Waals surface area contributed by atoms with Crippen LogP contribution in [-0.4, -0.2) is 66.3 Å². The minimum absolute atomic E-state index is 0.00578. The van der Waals surface area contributed by atoms with Gasteiger partial charge in [-0.15, -0.1) is 0 Å². The first-order valence-corrected chi connectivity index (χ1v) is 9.24. The van der Waals surface area contributed by atoms with Gasteiger partial charge in [0.1, 0.15) is 0 Å². The van der Waals surface area contributed by atoms with Gasteiger partial charge in [0.2, 0.25) is 10.0 Å². The summed E-state index contributed by atoms with van der Waals surface area (Å²) in [5, 5.41) is 19.8. The van der Waals surface area contributed by atoms with Gasteiger partial charge in [-0.3, -0.25) is 19.8 Å². The lowest BCUT2D eigenvalue weighted by atomic mass is 10.1. The molecule has 0 saturated carbocycles. The van der Waals surface area contributed by atoms with Gasteiger partial charge in [0.25, 0.3) is 5.69 Å². The lowest BCUT2D eigenvalue weighted by molar-refractivity contribution is -0.385. The second-order valence-electron chi connectivity index (χ2n) is 6.15. The molecule has 1 saturated heterocycles. The Labute approximate surface area is 146 Å². The van der Waals surface area contributed by atoms with Crippen LogP contribution in [0.2, 0.25) is 0 Å². The molecule has 0 atom stereocenters. The third-order valence-electron chi connectivity index (χ3n) is 4.43. The predicted octanol–water partition coefficient (Wildman–Crippen LogP) is 1.07. The van der Waals surface area contributed by atoms with E-state index in [1.54, 1.807) is 18.9 Å². The van der Waals surface area contributed by atoms with Crippen LogP contribution in [0.1, 0.15) is 18.4 Å². The van der Waals surface area contributed by atoms with E-state index in [0.29, 0.717) is 18.4 Å². The van der Waals surface area contributed by atoms with Gasteiger partial charge in [-0.25, -0.2) is 8.42 Å². The number of carboxylic acids is 1. The number of carboxylic acid groups (broad SMARTS) is 1. The number of piperidine rings is 1. The van der Waals surface area contributed by atoms with E-state index in [1.165, 1.54) is 16.4 Å². The highest BCUT2D eigenvalue weighted by Gasteiger charge is 2.32. The van der Waals surface area contributed by atoms with E-state index in [-0.39, 0.29) is 36.3 Å². The first-order chi connectivity index (χ1) is 11.6. The molecule has 0 unspecified atom stereocenters. The molecular weight excluding hydrogens is 350 g/mol. The molecule has 9 nitrogen and oxygen atoms in total. The van der Waals surface area contributed by atoms with Gasteiger partial charge in [-0.05, 0) is 32.4 Å². The van der Waals surface area contributed by atoms with Crippen molar-refractivity contribution in [1.29, 1.82) is 0 Å². The molecule has 0 aliphatic carbocycles. The van der Waals surface area contributed by atoms with Crippen molar-refractivity contribution in [1.82, 2.24) is 9.21 Å². The topological polar surface area (TPSA) is 121 Å². The summed E-state index contributed by atoms with van der Waals surface area (Å²) in [5.74, 6) is -0.926. The lowest BCUT2D eigenvalue weighted by Gasteiger charge is -2.35. The fourth-order valence-corrected chi connectivity index (χ4v) is 4.70. The summed E-state index contributed by atoms with van der Waals surface area (Å²) in [6.45, 7) is 2.00. The summed E-state index contributed by atoms with van der Waals surface area (Å²) in [7, 11) is -2.12. The third-order valence-corrected chi connectivity index (χ3v) is 6.47. The predicted molar refractivity (Wildman–Crippen MR) is 89.9 cm³/mol. The molecule has 1 aromatic rings. The number of benzene rings is 1. The second kappa shape index (κ2) is 7.46. The summed E-state index contributed by atoms with van der Waals surface area (Å²) in [5.41, 5.74) is 0.191. The van der Waals surface area contributed by atoms with Gasteiger partial charge in [0.05, 0.1) is 16.4 Å². The van der Waals surface area contributed by atoms with Gasteiger partial charge in [-0.1, -0.05) is 6.07 Å². The maximum atomic E-state index is 12.8. The Morgan fingerprint density at radius 3 is 2.52 bits per heavy atom. The molecule has 1 aromatic carbocycles. The summed E-state index contributed by atoms with van der Waals surface area (Å²) in [4.78, 5) is 22.7. The molecular formula is C15H21N3O6S. The number of hydrogen-bond acceptors (Lipinski definition) is 6. The van der Waals surface area contributed by atoms with Crippen molar-refractivity contribution in [3.8, 4) is 0 Å². The van der Waals surface area contributed by atoms with E-state index < -0.39 is 20.9 Å². The van der Waals surface area contributed by atoms with E-state index >= 15 is 0 Å². The third kappa shape index (κ3) is 4.33. The number of aryl methyl sites for hydroxylation is 1. The Balaban J connectivity index is 2.16. The number of nitro benzene ring substituents is 1. The van der Waals surface area contributed by atoms with Gasteiger partial charge < -0.3 is 5.11 Å². The van der Waals surface area contributed by atoms with Crippen LogP contribution in [0.3, 0.4) is 0 Å². The Kier molecular flexibility index (Phi) is 5.76. The van der Waals surface area contributed by atoms with Crippen LogP contribution < -0.4 is 0 Å². The highest BCUT2D eigenvalue weighted by Crippen LogP contribution is 2.27. The molecule has 2 rings (SSSR count). The van der Waals surface area contributed by atoms with E-state index in [4.69, 9.17) is 5.11 Å².